The lowest BCUT2D eigenvalue weighted by Gasteiger charge is -2.14. The SMILES string of the molecule is [2H]c1c([2H])c([2H])c(-c2c([2H])c(-c3c([2H])c([2H])c(C)c([2H])c3[2H])c([2H])c(-n3c4c([2H])c([2H])c([2H])c([2H])c4c4c([2H])c(-c5c([2H])c([2H])c6c(c5[2H])c5c([2H])c([2H])c([2H])c([2H])c5n6-c5c([2H])c([2H])c([2H])c([2H])c5[2H])c([2H])c([2H])c43)c2[2H])c([2H])c1[2H]. The quantitative estimate of drug-likeness (QED) is 0.171. The molecule has 0 unspecified atom stereocenters. The Hall–Kier alpha value is -6.64. The molecule has 0 saturated heterocycles. The number of hydrogen-bond acceptors (Lipinski definition) is 0. The second kappa shape index (κ2) is 11.8. The Kier molecular flexibility index (Phi) is 2.70. The number of hydrogen-bond donors (Lipinski definition) is 0. The van der Waals surface area contributed by atoms with E-state index in [0.29, 0.717) is 4.57 Å². The zero-order valence-corrected chi connectivity index (χ0v) is 25.9. The molecule has 0 N–H and O–H groups in total. The van der Waals surface area contributed by atoms with Crippen molar-refractivity contribution >= 4 is 43.6 Å². The Labute approximate surface area is 340 Å². The minimum Gasteiger partial charge on any atom is -0.309 e. The number of para-hydroxylation sites is 3. The van der Waals surface area contributed by atoms with E-state index in [2.05, 4.69) is 0 Å². The summed E-state index contributed by atoms with van der Waals surface area (Å²) in [5.74, 6) is 0. The zero-order valence-electron chi connectivity index (χ0n) is 56.9. The van der Waals surface area contributed by atoms with E-state index in [1.54, 1.807) is 0 Å². The van der Waals surface area contributed by atoms with Crippen LogP contribution in [-0.2, 0) is 0 Å². The predicted molar refractivity (Wildman–Crippen MR) is 216 cm³/mol. The number of benzene rings is 8. The van der Waals surface area contributed by atoms with E-state index in [0.717, 1.165) is 4.57 Å². The van der Waals surface area contributed by atoms with E-state index in [4.69, 9.17) is 27.4 Å². The van der Waals surface area contributed by atoms with Gasteiger partial charge in [0.2, 0.25) is 0 Å². The Morgan fingerprint density at radius 2 is 0.745 bits per heavy atom. The van der Waals surface area contributed by atoms with Gasteiger partial charge in [-0.2, -0.15) is 0 Å². The molecule has 51 heavy (non-hydrogen) atoms. The third-order valence-corrected chi connectivity index (χ3v) is 7.99. The summed E-state index contributed by atoms with van der Waals surface area (Å²) in [6.07, 6.45) is 0. The largest absolute Gasteiger partial charge is 0.309 e. The van der Waals surface area contributed by atoms with Gasteiger partial charge in [0.05, 0.1) is 64.6 Å². The van der Waals surface area contributed by atoms with Crippen molar-refractivity contribution < 1.29 is 42.5 Å². The molecule has 0 saturated carbocycles. The summed E-state index contributed by atoms with van der Waals surface area (Å²) in [5.41, 5.74) is -9.98. The molecule has 0 radical (unpaired) electrons. The number of rotatable bonds is 5. The van der Waals surface area contributed by atoms with Crippen molar-refractivity contribution in [1.82, 2.24) is 9.13 Å². The lowest BCUT2D eigenvalue weighted by Crippen LogP contribution is -1.96. The Balaban J connectivity index is 1.46. The number of aromatic nitrogens is 2. The van der Waals surface area contributed by atoms with Gasteiger partial charge < -0.3 is 9.13 Å². The van der Waals surface area contributed by atoms with Gasteiger partial charge in [-0.05, 0) is 107 Å². The molecular weight excluding hydrogens is 617 g/mol. The molecule has 0 bridgehead atoms. The van der Waals surface area contributed by atoms with Crippen LogP contribution >= 0.6 is 0 Å². The fraction of sp³-hybridized carbons (Fsp3) is 0.0204. The second-order valence-electron chi connectivity index (χ2n) is 11.0. The lowest BCUT2D eigenvalue weighted by atomic mass is 9.97. The van der Waals surface area contributed by atoms with Gasteiger partial charge >= 0.3 is 0 Å². The van der Waals surface area contributed by atoms with E-state index in [9.17, 15) is 15.1 Å². The molecule has 2 heteroatoms. The molecule has 0 aliphatic carbocycles. The smallest absolute Gasteiger partial charge is 0.0651 e. The van der Waals surface area contributed by atoms with E-state index in [-0.39, 0.29) is 5.56 Å². The van der Waals surface area contributed by atoms with Crippen LogP contribution in [0.5, 0.6) is 0 Å². The van der Waals surface area contributed by atoms with E-state index in [1.165, 1.54) is 6.92 Å². The Bertz CT molecular complexity index is 4520. The average molecular weight is 682 g/mol. The highest BCUT2D eigenvalue weighted by Gasteiger charge is 2.17. The van der Waals surface area contributed by atoms with Crippen LogP contribution in [0.15, 0.2) is 187 Å². The molecule has 10 rings (SSSR count). The molecule has 2 aromatic heterocycles. The first-order chi connectivity index (χ1) is 38.1. The summed E-state index contributed by atoms with van der Waals surface area (Å²) in [6, 6.07) is -29.7. The molecule has 0 aliphatic rings. The number of nitrogens with zero attached hydrogens (tertiary/aromatic N) is 2. The molecule has 0 aliphatic heterocycles. The number of fused-ring (bicyclic) bond motifs is 6. The summed E-state index contributed by atoms with van der Waals surface area (Å²) >= 11 is 0. The summed E-state index contributed by atoms with van der Waals surface area (Å²) in [4.78, 5) is 0. The third-order valence-electron chi connectivity index (χ3n) is 7.99. The molecular formula is C49H34N2. The molecule has 2 nitrogen and oxygen atoms in total. The van der Waals surface area contributed by atoms with Gasteiger partial charge in [-0.15, -0.1) is 0 Å². The summed E-state index contributed by atoms with van der Waals surface area (Å²) in [5, 5.41) is -2.65. The zero-order chi connectivity index (χ0) is 60.9. The Morgan fingerprint density at radius 1 is 0.314 bits per heavy atom. The van der Waals surface area contributed by atoms with Gasteiger partial charge in [0, 0.05) is 32.9 Å². The average Bonchev–Trinajstić information content (AvgIpc) is 1.65. The van der Waals surface area contributed by atoms with Crippen LogP contribution in [0, 0.1) is 6.92 Å². The van der Waals surface area contributed by atoms with E-state index < -0.39 is 276 Å². The summed E-state index contributed by atoms with van der Waals surface area (Å²) in [6.45, 7) is 1.25. The van der Waals surface area contributed by atoms with Gasteiger partial charge in [0.15, 0.2) is 0 Å². The van der Waals surface area contributed by atoms with E-state index in [1.807, 2.05) is 0 Å². The molecule has 0 spiro atoms. The molecule has 10 aromatic rings. The predicted octanol–water partition coefficient (Wildman–Crippen LogP) is 13.2. The first kappa shape index (κ1) is 11.7. The Morgan fingerprint density at radius 3 is 1.31 bits per heavy atom. The van der Waals surface area contributed by atoms with Crippen LogP contribution in [0.2, 0.25) is 0 Å². The minimum atomic E-state index is -1.13. The van der Waals surface area contributed by atoms with Crippen LogP contribution in [0.4, 0.5) is 0 Å². The highest BCUT2D eigenvalue weighted by atomic mass is 15.0. The maximum atomic E-state index is 9.99. The van der Waals surface area contributed by atoms with Crippen LogP contribution in [0.3, 0.4) is 0 Å². The minimum absolute atomic E-state index is 0.188. The third kappa shape index (κ3) is 4.87. The van der Waals surface area contributed by atoms with Crippen LogP contribution in [0.1, 0.15) is 48.1 Å². The van der Waals surface area contributed by atoms with Crippen molar-refractivity contribution in [2.24, 2.45) is 0 Å². The maximum Gasteiger partial charge on any atom is 0.0651 e. The molecule has 0 amide bonds. The van der Waals surface area contributed by atoms with Crippen molar-refractivity contribution in [3.05, 3.63) is 193 Å². The van der Waals surface area contributed by atoms with Crippen molar-refractivity contribution in [2.75, 3.05) is 0 Å². The van der Waals surface area contributed by atoms with E-state index >= 15 is 0 Å². The fourth-order valence-electron chi connectivity index (χ4n) is 5.77. The summed E-state index contributed by atoms with van der Waals surface area (Å²) in [7, 11) is 0. The highest BCUT2D eigenvalue weighted by Crippen LogP contribution is 2.39. The molecule has 0 atom stereocenters. The lowest BCUT2D eigenvalue weighted by molar-refractivity contribution is 1.18. The first-order valence-electron chi connectivity index (χ1n) is 30.6. The van der Waals surface area contributed by atoms with Crippen LogP contribution in [0.25, 0.3) is 88.4 Å². The van der Waals surface area contributed by atoms with Gasteiger partial charge in [-0.25, -0.2) is 0 Å². The van der Waals surface area contributed by atoms with Crippen LogP contribution in [-0.4, -0.2) is 9.13 Å². The first-order valence-corrected chi connectivity index (χ1v) is 15.1. The van der Waals surface area contributed by atoms with Crippen molar-refractivity contribution in [1.29, 1.82) is 0 Å². The maximum absolute atomic E-state index is 9.99. The molecule has 0 fully saturated rings. The summed E-state index contributed by atoms with van der Waals surface area (Å²) < 4.78 is 282. The van der Waals surface area contributed by atoms with Crippen LogP contribution < -0.4 is 0 Å². The second-order valence-corrected chi connectivity index (χ2v) is 11.0. The fourth-order valence-corrected chi connectivity index (χ4v) is 5.77. The van der Waals surface area contributed by atoms with Crippen molar-refractivity contribution in [3.8, 4) is 44.8 Å². The van der Waals surface area contributed by atoms with Gasteiger partial charge in [-0.3, -0.25) is 0 Å². The van der Waals surface area contributed by atoms with Gasteiger partial charge in [0.1, 0.15) is 0 Å². The standard InChI is InChI=1S/C49H34N2/c1-33-20-22-35(23-21-33)39-28-38(34-12-4-2-5-13-34)29-41(30-39)51-47-19-11-9-17-43(47)45-32-37(25-27-49(45)51)36-24-26-48-44(31-36)42-16-8-10-18-46(42)50(48)40-14-6-3-7-15-40/h2-32H,1H3/i2D,3D,4D,5D,6D,7D,8D,9D,10D,11D,12D,13D,14D,15D,16D,17D,18D,19D,20D,21D,22D,23D,24D,25D,26D,27D,28D,29D,30D,31D,32D. The highest BCUT2D eigenvalue weighted by molar-refractivity contribution is 6.12. The normalized spacial score (nSPS) is 20.1. The van der Waals surface area contributed by atoms with Gasteiger partial charge in [0.25, 0.3) is 0 Å². The molecule has 2 heterocycles. The molecule has 240 valence electrons. The van der Waals surface area contributed by atoms with Crippen molar-refractivity contribution in [3.63, 3.8) is 0 Å². The monoisotopic (exact) mass is 681 g/mol. The van der Waals surface area contributed by atoms with Gasteiger partial charge in [-0.1, -0.05) is 126 Å². The topological polar surface area (TPSA) is 9.86 Å². The van der Waals surface area contributed by atoms with Crippen molar-refractivity contribution in [2.45, 2.75) is 6.92 Å². The molecule has 8 aromatic carbocycles.